The van der Waals surface area contributed by atoms with Gasteiger partial charge in [0, 0.05) is 17.3 Å². The Bertz CT molecular complexity index is 1190. The van der Waals surface area contributed by atoms with Crippen molar-refractivity contribution in [2.24, 2.45) is 0 Å². The molecule has 0 aliphatic heterocycles. The van der Waals surface area contributed by atoms with Crippen LogP contribution < -0.4 is 14.8 Å². The molecule has 1 heterocycles. The van der Waals surface area contributed by atoms with Gasteiger partial charge in [-0.3, -0.25) is 4.79 Å². The minimum atomic E-state index is -0.297. The summed E-state index contributed by atoms with van der Waals surface area (Å²) in [7, 11) is 1.57. The van der Waals surface area contributed by atoms with Gasteiger partial charge in [0.15, 0.2) is 6.61 Å². The molecule has 1 aromatic heterocycles. The van der Waals surface area contributed by atoms with Crippen LogP contribution in [0.5, 0.6) is 11.5 Å². The lowest BCUT2D eigenvalue weighted by Crippen LogP contribution is -2.20. The van der Waals surface area contributed by atoms with Crippen molar-refractivity contribution in [2.75, 3.05) is 19.0 Å². The molecule has 0 radical (unpaired) electrons. The van der Waals surface area contributed by atoms with Crippen LogP contribution in [0.2, 0.25) is 0 Å². The van der Waals surface area contributed by atoms with Gasteiger partial charge in [-0.1, -0.05) is 53.2 Å². The molecule has 1 N–H and O–H groups in total. The van der Waals surface area contributed by atoms with E-state index in [1.54, 1.807) is 37.4 Å². The highest BCUT2D eigenvalue weighted by atomic mass is 16.5. The minimum Gasteiger partial charge on any atom is -0.497 e. The predicted octanol–water partition coefficient (Wildman–Crippen LogP) is 4.74. The van der Waals surface area contributed by atoms with Gasteiger partial charge in [-0.15, -0.1) is 0 Å². The highest BCUT2D eigenvalue weighted by molar-refractivity contribution is 5.92. The largest absolute Gasteiger partial charge is 0.497 e. The second-order valence-electron chi connectivity index (χ2n) is 6.85. The van der Waals surface area contributed by atoms with Crippen molar-refractivity contribution < 1.29 is 18.8 Å². The van der Waals surface area contributed by atoms with Crippen molar-refractivity contribution in [3.63, 3.8) is 0 Å². The molecule has 1 amide bonds. The molecule has 0 aliphatic rings. The summed E-state index contributed by atoms with van der Waals surface area (Å²) < 4.78 is 16.4. The molecule has 0 unspecified atom stereocenters. The predicted molar refractivity (Wildman–Crippen MR) is 117 cm³/mol. The van der Waals surface area contributed by atoms with E-state index in [2.05, 4.69) is 15.5 Å². The Morgan fingerprint density at radius 2 is 1.84 bits per heavy atom. The van der Waals surface area contributed by atoms with Crippen molar-refractivity contribution in [3.05, 3.63) is 78.4 Å². The summed E-state index contributed by atoms with van der Waals surface area (Å²) >= 11 is 0. The Morgan fingerprint density at radius 3 is 2.65 bits per heavy atom. The van der Waals surface area contributed by atoms with Crippen LogP contribution in [0.1, 0.15) is 5.56 Å². The molecule has 0 bridgehead atoms. The van der Waals surface area contributed by atoms with Gasteiger partial charge in [-0.05, 0) is 31.2 Å². The van der Waals surface area contributed by atoms with E-state index < -0.39 is 0 Å². The second kappa shape index (κ2) is 9.13. The Kier molecular flexibility index (Phi) is 5.93. The minimum absolute atomic E-state index is 0.173. The molecular formula is C24H21N3O4. The first-order chi connectivity index (χ1) is 15.1. The second-order valence-corrected chi connectivity index (χ2v) is 6.85. The number of ether oxygens (including phenoxy) is 2. The van der Waals surface area contributed by atoms with Crippen molar-refractivity contribution in [2.45, 2.75) is 6.92 Å². The van der Waals surface area contributed by atoms with Gasteiger partial charge >= 0.3 is 0 Å². The summed E-state index contributed by atoms with van der Waals surface area (Å²) in [6.45, 7) is 1.84. The van der Waals surface area contributed by atoms with Gasteiger partial charge in [0.25, 0.3) is 11.8 Å². The number of anilines is 1. The van der Waals surface area contributed by atoms with E-state index in [4.69, 9.17) is 14.0 Å². The molecule has 4 aromatic rings. The number of methoxy groups -OCH3 is 1. The zero-order valence-electron chi connectivity index (χ0n) is 17.2. The van der Waals surface area contributed by atoms with E-state index in [-0.39, 0.29) is 12.5 Å². The van der Waals surface area contributed by atoms with Gasteiger partial charge in [0.1, 0.15) is 11.5 Å². The molecule has 7 heteroatoms. The van der Waals surface area contributed by atoms with Crippen molar-refractivity contribution >= 4 is 11.6 Å². The topological polar surface area (TPSA) is 86.5 Å². The number of nitrogens with one attached hydrogen (secondary N) is 1. The van der Waals surface area contributed by atoms with E-state index in [1.165, 1.54) is 0 Å². The monoisotopic (exact) mass is 415 g/mol. The highest BCUT2D eigenvalue weighted by Gasteiger charge is 2.16. The first-order valence-corrected chi connectivity index (χ1v) is 9.69. The number of hydrogen-bond acceptors (Lipinski definition) is 6. The van der Waals surface area contributed by atoms with Crippen LogP contribution in [0, 0.1) is 6.92 Å². The maximum Gasteiger partial charge on any atom is 0.262 e. The van der Waals surface area contributed by atoms with Crippen LogP contribution in [0.4, 0.5) is 5.69 Å². The molecule has 4 rings (SSSR count). The normalized spacial score (nSPS) is 10.5. The molecular weight excluding hydrogens is 394 g/mol. The maximum absolute atomic E-state index is 12.3. The molecule has 0 saturated heterocycles. The van der Waals surface area contributed by atoms with E-state index in [0.29, 0.717) is 34.5 Å². The third-order valence-corrected chi connectivity index (χ3v) is 4.57. The number of carbonyl (C=O) groups is 1. The van der Waals surface area contributed by atoms with Gasteiger partial charge in [-0.2, -0.15) is 4.98 Å². The number of amides is 1. The Balaban J connectivity index is 1.46. The molecule has 3 aromatic carbocycles. The summed E-state index contributed by atoms with van der Waals surface area (Å²) in [6, 6.07) is 22.2. The molecule has 7 nitrogen and oxygen atoms in total. The third-order valence-electron chi connectivity index (χ3n) is 4.57. The third kappa shape index (κ3) is 4.90. The Morgan fingerprint density at radius 1 is 1.03 bits per heavy atom. The van der Waals surface area contributed by atoms with Gasteiger partial charge in [0.05, 0.1) is 12.7 Å². The summed E-state index contributed by atoms with van der Waals surface area (Å²) in [5.41, 5.74) is 3.25. The van der Waals surface area contributed by atoms with Crippen molar-refractivity contribution in [3.8, 4) is 34.3 Å². The molecule has 156 valence electrons. The number of benzene rings is 3. The fourth-order valence-corrected chi connectivity index (χ4v) is 2.96. The number of nitrogens with zero attached hydrogens (tertiary/aromatic N) is 2. The summed E-state index contributed by atoms with van der Waals surface area (Å²) in [5.74, 6) is 1.64. The summed E-state index contributed by atoms with van der Waals surface area (Å²) in [5, 5.41) is 6.85. The lowest BCUT2D eigenvalue weighted by Gasteiger charge is -2.10. The van der Waals surface area contributed by atoms with E-state index >= 15 is 0 Å². The highest BCUT2D eigenvalue weighted by Crippen LogP contribution is 2.30. The first-order valence-electron chi connectivity index (χ1n) is 9.69. The molecule has 0 atom stereocenters. The van der Waals surface area contributed by atoms with Crippen molar-refractivity contribution in [1.82, 2.24) is 10.1 Å². The van der Waals surface area contributed by atoms with Crippen LogP contribution in [0.3, 0.4) is 0 Å². The smallest absolute Gasteiger partial charge is 0.262 e. The van der Waals surface area contributed by atoms with Gasteiger partial charge in [-0.25, -0.2) is 0 Å². The number of aryl methyl sites for hydroxylation is 1. The average molecular weight is 415 g/mol. The first kappa shape index (κ1) is 20.2. The molecule has 0 saturated carbocycles. The van der Waals surface area contributed by atoms with Crippen LogP contribution in [-0.4, -0.2) is 29.8 Å². The molecule has 0 fully saturated rings. The quantitative estimate of drug-likeness (QED) is 0.469. The fourth-order valence-electron chi connectivity index (χ4n) is 2.96. The standard InChI is InChI=1S/C24H21N3O4/c1-16-10-12-17(13-11-16)23-26-24(31-27-23)20-8-3-4-9-21(20)30-15-22(28)25-18-6-5-7-19(14-18)29-2/h3-14H,15H2,1-2H3,(H,25,28). The number of rotatable bonds is 7. The number of hydrogen-bond donors (Lipinski definition) is 1. The number of aromatic nitrogens is 2. The summed E-state index contributed by atoms with van der Waals surface area (Å²) in [6.07, 6.45) is 0. The van der Waals surface area contributed by atoms with Crippen molar-refractivity contribution in [1.29, 1.82) is 0 Å². The molecule has 0 spiro atoms. The fraction of sp³-hybridized carbons (Fsp3) is 0.125. The lowest BCUT2D eigenvalue weighted by atomic mass is 10.1. The Labute approximate surface area is 179 Å². The zero-order chi connectivity index (χ0) is 21.6. The summed E-state index contributed by atoms with van der Waals surface area (Å²) in [4.78, 5) is 16.8. The zero-order valence-corrected chi connectivity index (χ0v) is 17.2. The number of carbonyl (C=O) groups excluding carboxylic acids is 1. The van der Waals surface area contributed by atoms with Crippen LogP contribution in [0.25, 0.3) is 22.8 Å². The van der Waals surface area contributed by atoms with Gasteiger partial charge in [0.2, 0.25) is 5.82 Å². The number of para-hydroxylation sites is 1. The maximum atomic E-state index is 12.3. The average Bonchev–Trinajstić information content (AvgIpc) is 3.28. The van der Waals surface area contributed by atoms with Gasteiger partial charge < -0.3 is 19.3 Å². The Hall–Kier alpha value is -4.13. The lowest BCUT2D eigenvalue weighted by molar-refractivity contribution is -0.118. The van der Waals surface area contributed by atoms with Crippen LogP contribution in [-0.2, 0) is 4.79 Å². The van der Waals surface area contributed by atoms with E-state index in [1.807, 2.05) is 49.4 Å². The van der Waals surface area contributed by atoms with Crippen LogP contribution in [0.15, 0.2) is 77.3 Å². The molecule has 31 heavy (non-hydrogen) atoms. The van der Waals surface area contributed by atoms with E-state index in [0.717, 1.165) is 11.1 Å². The van der Waals surface area contributed by atoms with Crippen LogP contribution >= 0.6 is 0 Å². The molecule has 0 aliphatic carbocycles. The van der Waals surface area contributed by atoms with E-state index in [9.17, 15) is 4.79 Å². The SMILES string of the molecule is COc1cccc(NC(=O)COc2ccccc2-c2nc(-c3ccc(C)cc3)no2)c1.